The first-order valence-electron chi connectivity index (χ1n) is 8.32. The number of halogens is 1. The van der Waals surface area contributed by atoms with Crippen LogP contribution in [0.15, 0.2) is 36.7 Å². The van der Waals surface area contributed by atoms with Crippen molar-refractivity contribution in [3.8, 4) is 0 Å². The smallest absolute Gasteiger partial charge is 0.306 e. The van der Waals surface area contributed by atoms with Crippen LogP contribution in [0, 0.1) is 5.92 Å². The number of rotatable bonds is 5. The minimum absolute atomic E-state index is 0.0232. The Morgan fingerprint density at radius 3 is 2.64 bits per heavy atom. The van der Waals surface area contributed by atoms with Crippen molar-refractivity contribution < 1.29 is 14.7 Å². The van der Waals surface area contributed by atoms with E-state index >= 15 is 0 Å². The van der Waals surface area contributed by atoms with E-state index in [1.54, 1.807) is 10.9 Å². The largest absolute Gasteiger partial charge is 0.481 e. The normalized spacial score (nSPS) is 20.2. The summed E-state index contributed by atoms with van der Waals surface area (Å²) in [6.45, 7) is 0.497. The zero-order chi connectivity index (χ0) is 17.8. The Hall–Kier alpha value is -2.34. The highest BCUT2D eigenvalue weighted by Gasteiger charge is 2.27. The quantitative estimate of drug-likeness (QED) is 0.857. The second-order valence-corrected chi connectivity index (χ2v) is 6.79. The van der Waals surface area contributed by atoms with Crippen LogP contribution in [0.4, 0.5) is 0 Å². The number of aliphatic carboxylic acids is 1. The summed E-state index contributed by atoms with van der Waals surface area (Å²) < 4.78 is 1.68. The zero-order valence-electron chi connectivity index (χ0n) is 13.7. The highest BCUT2D eigenvalue weighted by Crippen LogP contribution is 2.24. The number of carboxylic acid groups (broad SMARTS) is 1. The van der Waals surface area contributed by atoms with Gasteiger partial charge in [0, 0.05) is 17.3 Å². The van der Waals surface area contributed by atoms with E-state index in [0.29, 0.717) is 42.8 Å². The molecule has 1 aliphatic carbocycles. The summed E-state index contributed by atoms with van der Waals surface area (Å²) in [5.41, 5.74) is 1.43. The van der Waals surface area contributed by atoms with Crippen molar-refractivity contribution in [3.05, 3.63) is 52.8 Å². The molecule has 0 spiro atoms. The zero-order valence-corrected chi connectivity index (χ0v) is 14.4. The SMILES string of the molecule is O=C(NC1CCC(C(=O)O)CC1)c1cnn(Cc2ccccc2Cl)c1. The fourth-order valence-corrected chi connectivity index (χ4v) is 3.32. The number of carbonyl (C=O) groups excluding carboxylic acids is 1. The highest BCUT2D eigenvalue weighted by molar-refractivity contribution is 6.31. The fraction of sp³-hybridized carbons (Fsp3) is 0.389. The lowest BCUT2D eigenvalue weighted by molar-refractivity contribution is -0.142. The molecule has 25 heavy (non-hydrogen) atoms. The second-order valence-electron chi connectivity index (χ2n) is 6.38. The molecule has 132 valence electrons. The number of hydrogen-bond donors (Lipinski definition) is 2. The summed E-state index contributed by atoms with van der Waals surface area (Å²) in [5.74, 6) is -1.21. The van der Waals surface area contributed by atoms with Gasteiger partial charge in [-0.3, -0.25) is 14.3 Å². The van der Waals surface area contributed by atoms with E-state index in [9.17, 15) is 9.59 Å². The predicted molar refractivity (Wildman–Crippen MR) is 93.6 cm³/mol. The standard InChI is InChI=1S/C18H20ClN3O3/c19-16-4-2-1-3-13(16)10-22-11-14(9-20-22)17(23)21-15-7-5-12(6-8-15)18(24)25/h1-4,9,11-12,15H,5-8,10H2,(H,21,23)(H,24,25). The van der Waals surface area contributed by atoms with E-state index in [0.717, 1.165) is 5.56 Å². The Bertz CT molecular complexity index is 766. The molecule has 6 nitrogen and oxygen atoms in total. The van der Waals surface area contributed by atoms with E-state index in [4.69, 9.17) is 16.7 Å². The molecule has 0 atom stereocenters. The van der Waals surface area contributed by atoms with Gasteiger partial charge in [-0.25, -0.2) is 0 Å². The summed E-state index contributed by atoms with van der Waals surface area (Å²) in [7, 11) is 0. The third-order valence-electron chi connectivity index (χ3n) is 4.60. The minimum atomic E-state index is -0.745. The molecular formula is C18H20ClN3O3. The van der Waals surface area contributed by atoms with Crippen LogP contribution in [0.25, 0.3) is 0 Å². The molecule has 2 N–H and O–H groups in total. The lowest BCUT2D eigenvalue weighted by atomic mass is 9.86. The Morgan fingerprint density at radius 2 is 1.96 bits per heavy atom. The molecule has 1 aromatic carbocycles. The number of nitrogens with one attached hydrogen (secondary N) is 1. The van der Waals surface area contributed by atoms with Crippen molar-refractivity contribution in [3.63, 3.8) is 0 Å². The predicted octanol–water partition coefficient (Wildman–Crippen LogP) is 2.96. The van der Waals surface area contributed by atoms with Crippen LogP contribution in [0.5, 0.6) is 0 Å². The van der Waals surface area contributed by atoms with Gasteiger partial charge in [-0.1, -0.05) is 29.8 Å². The molecule has 1 saturated carbocycles. The first kappa shape index (κ1) is 17.5. The van der Waals surface area contributed by atoms with Gasteiger partial charge in [-0.05, 0) is 37.3 Å². The number of benzene rings is 1. The first-order valence-corrected chi connectivity index (χ1v) is 8.70. The summed E-state index contributed by atoms with van der Waals surface area (Å²) >= 11 is 6.14. The van der Waals surface area contributed by atoms with Gasteiger partial charge in [0.1, 0.15) is 0 Å². The summed E-state index contributed by atoms with van der Waals surface area (Å²) in [6.07, 6.45) is 5.82. The average Bonchev–Trinajstić information content (AvgIpc) is 3.06. The maximum absolute atomic E-state index is 12.4. The van der Waals surface area contributed by atoms with Crippen molar-refractivity contribution in [2.75, 3.05) is 0 Å². The van der Waals surface area contributed by atoms with E-state index in [1.807, 2.05) is 24.3 Å². The summed E-state index contributed by atoms with van der Waals surface area (Å²) in [4.78, 5) is 23.3. The molecule has 1 aliphatic rings. The van der Waals surface area contributed by atoms with E-state index in [2.05, 4.69) is 10.4 Å². The van der Waals surface area contributed by atoms with Gasteiger partial charge < -0.3 is 10.4 Å². The van der Waals surface area contributed by atoms with Gasteiger partial charge in [-0.2, -0.15) is 5.10 Å². The number of aromatic nitrogens is 2. The monoisotopic (exact) mass is 361 g/mol. The molecule has 0 radical (unpaired) electrons. The molecule has 2 aromatic rings. The van der Waals surface area contributed by atoms with Crippen molar-refractivity contribution >= 4 is 23.5 Å². The number of carbonyl (C=O) groups is 2. The third-order valence-corrected chi connectivity index (χ3v) is 4.97. The van der Waals surface area contributed by atoms with E-state index in [-0.39, 0.29) is 17.9 Å². The first-order chi connectivity index (χ1) is 12.0. The Kier molecular flexibility index (Phi) is 5.38. The van der Waals surface area contributed by atoms with Gasteiger partial charge in [-0.15, -0.1) is 0 Å². The van der Waals surface area contributed by atoms with Crippen LogP contribution in [0.2, 0.25) is 5.02 Å². The molecule has 0 unspecified atom stereocenters. The fourth-order valence-electron chi connectivity index (χ4n) is 3.12. The van der Waals surface area contributed by atoms with Gasteiger partial charge in [0.2, 0.25) is 0 Å². The highest BCUT2D eigenvalue weighted by atomic mass is 35.5. The number of carboxylic acids is 1. The van der Waals surface area contributed by atoms with Gasteiger partial charge in [0.05, 0.1) is 24.2 Å². The Morgan fingerprint density at radius 1 is 1.24 bits per heavy atom. The molecule has 0 saturated heterocycles. The van der Waals surface area contributed by atoms with Gasteiger partial charge >= 0.3 is 5.97 Å². The van der Waals surface area contributed by atoms with Crippen LogP contribution >= 0.6 is 11.6 Å². The van der Waals surface area contributed by atoms with Crippen molar-refractivity contribution in [1.29, 1.82) is 0 Å². The molecular weight excluding hydrogens is 342 g/mol. The minimum Gasteiger partial charge on any atom is -0.481 e. The third kappa shape index (κ3) is 4.39. The summed E-state index contributed by atoms with van der Waals surface area (Å²) in [5, 5.41) is 16.9. The lowest BCUT2D eigenvalue weighted by Crippen LogP contribution is -2.38. The molecule has 7 heteroatoms. The topological polar surface area (TPSA) is 84.2 Å². The van der Waals surface area contributed by atoms with Crippen molar-refractivity contribution in [2.24, 2.45) is 5.92 Å². The van der Waals surface area contributed by atoms with Crippen LogP contribution in [-0.2, 0) is 11.3 Å². The van der Waals surface area contributed by atoms with Crippen LogP contribution in [0.1, 0.15) is 41.6 Å². The van der Waals surface area contributed by atoms with Gasteiger partial charge in [0.25, 0.3) is 5.91 Å². The molecule has 1 aromatic heterocycles. The molecule has 1 fully saturated rings. The lowest BCUT2D eigenvalue weighted by Gasteiger charge is -2.26. The molecule has 1 amide bonds. The van der Waals surface area contributed by atoms with Crippen LogP contribution < -0.4 is 5.32 Å². The molecule has 3 rings (SSSR count). The molecule has 1 heterocycles. The number of nitrogens with zero attached hydrogens (tertiary/aromatic N) is 2. The Labute approximate surface area is 150 Å². The summed E-state index contributed by atoms with van der Waals surface area (Å²) in [6, 6.07) is 7.54. The van der Waals surface area contributed by atoms with Crippen LogP contribution in [0.3, 0.4) is 0 Å². The molecule has 0 aliphatic heterocycles. The number of hydrogen-bond acceptors (Lipinski definition) is 3. The van der Waals surface area contributed by atoms with Crippen LogP contribution in [-0.4, -0.2) is 32.8 Å². The second kappa shape index (κ2) is 7.70. The van der Waals surface area contributed by atoms with E-state index < -0.39 is 5.97 Å². The molecule has 0 bridgehead atoms. The van der Waals surface area contributed by atoms with Gasteiger partial charge in [0.15, 0.2) is 0 Å². The van der Waals surface area contributed by atoms with Crippen molar-refractivity contribution in [1.82, 2.24) is 15.1 Å². The average molecular weight is 362 g/mol. The Balaban J connectivity index is 1.56. The van der Waals surface area contributed by atoms with Crippen molar-refractivity contribution in [2.45, 2.75) is 38.3 Å². The maximum atomic E-state index is 12.4. The number of amides is 1. The van der Waals surface area contributed by atoms with E-state index in [1.165, 1.54) is 6.20 Å². The maximum Gasteiger partial charge on any atom is 0.306 e.